The van der Waals surface area contributed by atoms with Gasteiger partial charge in [0.2, 0.25) is 10.0 Å². The van der Waals surface area contributed by atoms with Crippen LogP contribution < -0.4 is 0 Å². The summed E-state index contributed by atoms with van der Waals surface area (Å²) in [6.07, 6.45) is 0.664. The molecule has 0 aromatic heterocycles. The second-order valence-corrected chi connectivity index (χ2v) is 9.62. The number of hydrogen-bond donors (Lipinski definition) is 0. The van der Waals surface area contributed by atoms with Crippen molar-refractivity contribution < 1.29 is 13.2 Å². The first-order chi connectivity index (χ1) is 13.7. The fourth-order valence-corrected chi connectivity index (χ4v) is 5.12. The van der Waals surface area contributed by atoms with Crippen LogP contribution in [0, 0.1) is 0 Å². The van der Waals surface area contributed by atoms with E-state index in [-0.39, 0.29) is 21.4 Å². The standard InChI is InChI=1S/C22H25ClN2O3S/c1-4-24(14-16(2)3)22(26)20-13-19(9-10-21(20)23)29(27,28)25-12-11-17-7-5-6-8-18(17)15-25/h5-10,13H,2,4,11-12,14-15H2,1,3H3. The summed E-state index contributed by atoms with van der Waals surface area (Å²) in [6, 6.07) is 12.2. The number of carbonyl (C=O) groups is 1. The summed E-state index contributed by atoms with van der Waals surface area (Å²) in [5.74, 6) is -0.304. The summed E-state index contributed by atoms with van der Waals surface area (Å²) in [5.41, 5.74) is 3.20. The van der Waals surface area contributed by atoms with Crippen LogP contribution in [0.5, 0.6) is 0 Å². The van der Waals surface area contributed by atoms with Crippen LogP contribution in [0.2, 0.25) is 5.02 Å². The molecule has 1 aliphatic rings. The lowest BCUT2D eigenvalue weighted by molar-refractivity contribution is 0.0778. The molecule has 0 unspecified atom stereocenters. The zero-order valence-electron chi connectivity index (χ0n) is 16.7. The Kier molecular flexibility index (Phi) is 6.46. The van der Waals surface area contributed by atoms with E-state index in [2.05, 4.69) is 6.58 Å². The predicted octanol–water partition coefficient (Wildman–Crippen LogP) is 4.13. The Balaban J connectivity index is 1.92. The minimum absolute atomic E-state index is 0.0796. The summed E-state index contributed by atoms with van der Waals surface area (Å²) in [7, 11) is -3.75. The van der Waals surface area contributed by atoms with Crippen molar-refractivity contribution in [2.75, 3.05) is 19.6 Å². The molecule has 0 aliphatic carbocycles. The zero-order chi connectivity index (χ0) is 21.2. The van der Waals surface area contributed by atoms with E-state index in [0.29, 0.717) is 32.6 Å². The third kappa shape index (κ3) is 4.55. The Bertz CT molecular complexity index is 1050. The molecule has 0 N–H and O–H groups in total. The molecule has 0 atom stereocenters. The van der Waals surface area contributed by atoms with Crippen molar-refractivity contribution in [1.82, 2.24) is 9.21 Å². The fraction of sp³-hybridized carbons (Fsp3) is 0.318. The number of likely N-dealkylation sites (N-methyl/N-ethyl adjacent to an activating group) is 1. The average molecular weight is 433 g/mol. The van der Waals surface area contributed by atoms with E-state index < -0.39 is 10.0 Å². The molecule has 1 heterocycles. The molecule has 154 valence electrons. The van der Waals surface area contributed by atoms with Gasteiger partial charge in [-0.3, -0.25) is 4.79 Å². The summed E-state index contributed by atoms with van der Waals surface area (Å²) < 4.78 is 27.9. The zero-order valence-corrected chi connectivity index (χ0v) is 18.3. The van der Waals surface area contributed by atoms with Crippen LogP contribution in [0.25, 0.3) is 0 Å². The van der Waals surface area contributed by atoms with Crippen molar-refractivity contribution >= 4 is 27.5 Å². The SMILES string of the molecule is C=C(C)CN(CC)C(=O)c1cc(S(=O)(=O)N2CCc3ccccc3C2)ccc1Cl. The Hall–Kier alpha value is -2.15. The van der Waals surface area contributed by atoms with E-state index in [9.17, 15) is 13.2 Å². The van der Waals surface area contributed by atoms with Gasteiger partial charge >= 0.3 is 0 Å². The molecule has 2 aromatic carbocycles. The first-order valence-corrected chi connectivity index (χ1v) is 11.4. The van der Waals surface area contributed by atoms with Crippen LogP contribution in [-0.2, 0) is 23.0 Å². The lowest BCUT2D eigenvalue weighted by Gasteiger charge is -2.28. The third-order valence-corrected chi connectivity index (χ3v) is 7.20. The molecule has 2 aromatic rings. The lowest BCUT2D eigenvalue weighted by atomic mass is 10.0. The molecular formula is C22H25ClN2O3S. The van der Waals surface area contributed by atoms with Gasteiger partial charge in [-0.1, -0.05) is 48.0 Å². The van der Waals surface area contributed by atoms with Crippen LogP contribution in [0.15, 0.2) is 59.5 Å². The molecule has 0 saturated carbocycles. The van der Waals surface area contributed by atoms with Gasteiger partial charge in [-0.25, -0.2) is 8.42 Å². The predicted molar refractivity (Wildman–Crippen MR) is 116 cm³/mol. The minimum Gasteiger partial charge on any atom is -0.335 e. The molecule has 1 aliphatic heterocycles. The van der Waals surface area contributed by atoms with Crippen LogP contribution in [0.1, 0.15) is 35.3 Å². The number of nitrogens with zero attached hydrogens (tertiary/aromatic N) is 2. The molecule has 0 bridgehead atoms. The molecular weight excluding hydrogens is 408 g/mol. The van der Waals surface area contributed by atoms with Gasteiger partial charge in [0.05, 0.1) is 15.5 Å². The van der Waals surface area contributed by atoms with Crippen molar-refractivity contribution in [3.05, 3.63) is 76.3 Å². The average Bonchev–Trinajstić information content (AvgIpc) is 2.71. The molecule has 1 amide bonds. The van der Waals surface area contributed by atoms with Crippen LogP contribution in [0.3, 0.4) is 0 Å². The number of hydrogen-bond acceptors (Lipinski definition) is 3. The molecule has 0 saturated heterocycles. The second-order valence-electron chi connectivity index (χ2n) is 7.28. The summed E-state index contributed by atoms with van der Waals surface area (Å²) in [6.45, 7) is 9.14. The van der Waals surface area contributed by atoms with Gasteiger partial charge in [0, 0.05) is 26.2 Å². The number of rotatable bonds is 6. The van der Waals surface area contributed by atoms with E-state index in [0.717, 1.165) is 11.1 Å². The molecule has 0 fully saturated rings. The lowest BCUT2D eigenvalue weighted by Crippen LogP contribution is -2.36. The highest BCUT2D eigenvalue weighted by Crippen LogP contribution is 2.28. The maximum atomic E-state index is 13.2. The van der Waals surface area contributed by atoms with E-state index in [1.165, 1.54) is 28.1 Å². The van der Waals surface area contributed by atoms with E-state index in [1.807, 2.05) is 38.1 Å². The van der Waals surface area contributed by atoms with E-state index in [1.54, 1.807) is 4.90 Å². The number of amides is 1. The Morgan fingerprint density at radius 1 is 1.21 bits per heavy atom. The van der Waals surface area contributed by atoms with Gasteiger partial charge < -0.3 is 4.90 Å². The van der Waals surface area contributed by atoms with Crippen molar-refractivity contribution in [2.45, 2.75) is 31.7 Å². The molecule has 0 radical (unpaired) electrons. The molecule has 3 rings (SSSR count). The highest BCUT2D eigenvalue weighted by molar-refractivity contribution is 7.89. The normalized spacial score (nSPS) is 14.3. The van der Waals surface area contributed by atoms with Gasteiger partial charge in [-0.2, -0.15) is 4.31 Å². The van der Waals surface area contributed by atoms with Gasteiger partial charge in [-0.05, 0) is 49.6 Å². The highest BCUT2D eigenvalue weighted by atomic mass is 35.5. The minimum atomic E-state index is -3.75. The Morgan fingerprint density at radius 2 is 1.90 bits per heavy atom. The van der Waals surface area contributed by atoms with Gasteiger partial charge in [-0.15, -0.1) is 0 Å². The molecule has 7 heteroatoms. The number of fused-ring (bicyclic) bond motifs is 1. The smallest absolute Gasteiger partial charge is 0.255 e. The summed E-state index contributed by atoms with van der Waals surface area (Å²) in [4.78, 5) is 14.6. The van der Waals surface area contributed by atoms with Crippen molar-refractivity contribution in [2.24, 2.45) is 0 Å². The number of benzene rings is 2. The Morgan fingerprint density at radius 3 is 2.55 bits per heavy atom. The summed E-state index contributed by atoms with van der Waals surface area (Å²) in [5, 5.41) is 0.234. The number of sulfonamides is 1. The third-order valence-electron chi connectivity index (χ3n) is 5.03. The molecule has 5 nitrogen and oxygen atoms in total. The highest BCUT2D eigenvalue weighted by Gasteiger charge is 2.29. The second kappa shape index (κ2) is 8.69. The topological polar surface area (TPSA) is 57.7 Å². The maximum absolute atomic E-state index is 13.2. The van der Waals surface area contributed by atoms with Gasteiger partial charge in [0.25, 0.3) is 5.91 Å². The first-order valence-electron chi connectivity index (χ1n) is 9.54. The number of halogens is 1. The van der Waals surface area contributed by atoms with Gasteiger partial charge in [0.1, 0.15) is 0 Å². The monoisotopic (exact) mass is 432 g/mol. The number of carbonyl (C=O) groups excluding carboxylic acids is 1. The Labute approximate surface area is 177 Å². The van der Waals surface area contributed by atoms with Crippen LogP contribution in [-0.4, -0.2) is 43.2 Å². The quantitative estimate of drug-likeness (QED) is 0.645. The molecule has 0 spiro atoms. The summed E-state index contributed by atoms with van der Waals surface area (Å²) >= 11 is 6.25. The van der Waals surface area contributed by atoms with E-state index in [4.69, 9.17) is 11.6 Å². The fourth-order valence-electron chi connectivity index (χ4n) is 3.48. The molecule has 29 heavy (non-hydrogen) atoms. The van der Waals surface area contributed by atoms with Crippen LogP contribution >= 0.6 is 11.6 Å². The van der Waals surface area contributed by atoms with Crippen LogP contribution in [0.4, 0.5) is 0 Å². The van der Waals surface area contributed by atoms with Crippen molar-refractivity contribution in [3.63, 3.8) is 0 Å². The maximum Gasteiger partial charge on any atom is 0.255 e. The first kappa shape index (κ1) is 21.6. The van der Waals surface area contributed by atoms with Gasteiger partial charge in [0.15, 0.2) is 0 Å². The van der Waals surface area contributed by atoms with E-state index >= 15 is 0 Å². The van der Waals surface area contributed by atoms with Crippen molar-refractivity contribution in [1.29, 1.82) is 0 Å². The van der Waals surface area contributed by atoms with Crippen molar-refractivity contribution in [3.8, 4) is 0 Å². The largest absolute Gasteiger partial charge is 0.335 e.